The van der Waals surface area contributed by atoms with Crippen molar-refractivity contribution in [1.82, 2.24) is 0 Å². The first-order valence-corrected chi connectivity index (χ1v) is 3.90. The molecular formula is C6H11BF3O-. The fourth-order valence-corrected chi connectivity index (χ4v) is 1.25. The van der Waals surface area contributed by atoms with Gasteiger partial charge in [0.05, 0.1) is 6.10 Å². The van der Waals surface area contributed by atoms with Gasteiger partial charge >= 0.3 is 6.98 Å². The molecule has 0 aromatic heterocycles. The zero-order valence-electron chi connectivity index (χ0n) is 6.23. The first-order valence-electron chi connectivity index (χ1n) is 3.90. The largest absolute Gasteiger partial charge is 0.478 e. The minimum absolute atomic E-state index is 0.126. The van der Waals surface area contributed by atoms with Crippen molar-refractivity contribution < 1.29 is 17.7 Å². The molecule has 1 rings (SSSR count). The average Bonchev–Trinajstić information content (AvgIpc) is 2.32. The normalized spacial score (nSPS) is 25.9. The van der Waals surface area contributed by atoms with Crippen LogP contribution in [0.5, 0.6) is 0 Å². The second-order valence-electron chi connectivity index (χ2n) is 2.92. The zero-order chi connectivity index (χ0) is 8.32. The van der Waals surface area contributed by atoms with Crippen LogP contribution in [0.3, 0.4) is 0 Å². The van der Waals surface area contributed by atoms with E-state index in [0.29, 0.717) is 6.61 Å². The number of halogens is 3. The van der Waals surface area contributed by atoms with Gasteiger partial charge in [-0.25, -0.2) is 0 Å². The van der Waals surface area contributed by atoms with E-state index in [2.05, 4.69) is 0 Å². The van der Waals surface area contributed by atoms with Crippen molar-refractivity contribution >= 4 is 6.98 Å². The Morgan fingerprint density at radius 3 is 2.55 bits per heavy atom. The molecule has 1 unspecified atom stereocenters. The average molecular weight is 167 g/mol. The first kappa shape index (κ1) is 8.91. The van der Waals surface area contributed by atoms with E-state index in [9.17, 15) is 12.9 Å². The maximum Gasteiger partial charge on any atom is 0.478 e. The van der Waals surface area contributed by atoms with Crippen LogP contribution in [-0.4, -0.2) is 19.7 Å². The van der Waals surface area contributed by atoms with E-state index in [0.717, 1.165) is 12.8 Å². The third-order valence-electron chi connectivity index (χ3n) is 1.84. The van der Waals surface area contributed by atoms with E-state index >= 15 is 0 Å². The summed E-state index contributed by atoms with van der Waals surface area (Å²) in [5.74, 6) is 0. The van der Waals surface area contributed by atoms with Gasteiger partial charge in [-0.2, -0.15) is 0 Å². The number of hydrogen-bond donors (Lipinski definition) is 0. The van der Waals surface area contributed by atoms with Crippen LogP contribution >= 0.6 is 0 Å². The van der Waals surface area contributed by atoms with E-state index in [1.54, 1.807) is 0 Å². The summed E-state index contributed by atoms with van der Waals surface area (Å²) >= 11 is 0. The lowest BCUT2D eigenvalue weighted by Crippen LogP contribution is -2.17. The molecule has 0 aliphatic carbocycles. The molecule has 5 heteroatoms. The highest BCUT2D eigenvalue weighted by Gasteiger charge is 2.25. The predicted molar refractivity (Wildman–Crippen MR) is 37.5 cm³/mol. The second-order valence-corrected chi connectivity index (χ2v) is 2.92. The maximum atomic E-state index is 11.7. The molecule has 11 heavy (non-hydrogen) atoms. The minimum Gasteiger partial charge on any atom is -0.449 e. The molecule has 0 amide bonds. The van der Waals surface area contributed by atoms with Gasteiger partial charge in [-0.3, -0.25) is 0 Å². The summed E-state index contributed by atoms with van der Waals surface area (Å²) in [6, 6.07) is 0. The Morgan fingerprint density at radius 1 is 1.36 bits per heavy atom. The molecule has 0 bridgehead atoms. The predicted octanol–water partition coefficient (Wildman–Crippen LogP) is 2.40. The number of ether oxygens (including phenoxy) is 1. The van der Waals surface area contributed by atoms with E-state index in [4.69, 9.17) is 4.74 Å². The fourth-order valence-electron chi connectivity index (χ4n) is 1.25. The van der Waals surface area contributed by atoms with Gasteiger partial charge in [-0.15, -0.1) is 0 Å². The molecule has 1 saturated heterocycles. The SMILES string of the molecule is F[B-](F)(F)CCC1CCCO1. The van der Waals surface area contributed by atoms with Gasteiger partial charge < -0.3 is 17.7 Å². The lowest BCUT2D eigenvalue weighted by Gasteiger charge is -2.15. The van der Waals surface area contributed by atoms with Gasteiger partial charge in [0.2, 0.25) is 0 Å². The molecule has 1 aliphatic heterocycles. The van der Waals surface area contributed by atoms with Gasteiger partial charge in [0.1, 0.15) is 0 Å². The summed E-state index contributed by atoms with van der Waals surface area (Å²) in [5, 5.41) is 0. The van der Waals surface area contributed by atoms with Gasteiger partial charge in [0, 0.05) is 6.61 Å². The van der Waals surface area contributed by atoms with Crippen molar-refractivity contribution in [3.05, 3.63) is 0 Å². The van der Waals surface area contributed by atoms with Gasteiger partial charge in [-0.05, 0) is 12.8 Å². The second kappa shape index (κ2) is 3.47. The highest BCUT2D eigenvalue weighted by Crippen LogP contribution is 2.23. The molecule has 1 nitrogen and oxygen atoms in total. The van der Waals surface area contributed by atoms with Gasteiger partial charge in [0.15, 0.2) is 0 Å². The lowest BCUT2D eigenvalue weighted by molar-refractivity contribution is 0.106. The Morgan fingerprint density at radius 2 is 2.09 bits per heavy atom. The van der Waals surface area contributed by atoms with Crippen molar-refractivity contribution in [2.24, 2.45) is 0 Å². The van der Waals surface area contributed by atoms with Crippen LogP contribution < -0.4 is 0 Å². The Kier molecular flexibility index (Phi) is 2.81. The molecule has 0 N–H and O–H groups in total. The highest BCUT2D eigenvalue weighted by atomic mass is 19.4. The topological polar surface area (TPSA) is 9.23 Å². The summed E-state index contributed by atoms with van der Waals surface area (Å²) in [6.45, 7) is -3.96. The zero-order valence-corrected chi connectivity index (χ0v) is 6.23. The van der Waals surface area contributed by atoms with E-state index in [-0.39, 0.29) is 12.5 Å². The van der Waals surface area contributed by atoms with Crippen LogP contribution in [0.1, 0.15) is 19.3 Å². The Bertz CT molecular complexity index is 119. The number of rotatable bonds is 3. The Hall–Kier alpha value is -0.185. The molecule has 1 atom stereocenters. The summed E-state index contributed by atoms with van der Waals surface area (Å²) in [6.07, 6.45) is 1.09. The molecule has 0 radical (unpaired) electrons. The maximum absolute atomic E-state index is 11.7. The van der Waals surface area contributed by atoms with Crippen molar-refractivity contribution in [2.45, 2.75) is 31.7 Å². The van der Waals surface area contributed by atoms with E-state index in [1.165, 1.54) is 0 Å². The van der Waals surface area contributed by atoms with Crippen molar-refractivity contribution in [2.75, 3.05) is 6.61 Å². The van der Waals surface area contributed by atoms with Crippen LogP contribution in [0.25, 0.3) is 0 Å². The summed E-state index contributed by atoms with van der Waals surface area (Å²) < 4.78 is 40.2. The third-order valence-corrected chi connectivity index (χ3v) is 1.84. The first-order chi connectivity index (χ1) is 5.08. The molecule has 0 saturated carbocycles. The van der Waals surface area contributed by atoms with Crippen LogP contribution in [0.2, 0.25) is 6.32 Å². The standard InChI is InChI=1S/C6H11BF3O/c8-7(9,10)4-3-6-2-1-5-11-6/h6H,1-5H2/q-1. The molecule has 1 fully saturated rings. The van der Waals surface area contributed by atoms with Crippen molar-refractivity contribution in [3.8, 4) is 0 Å². The molecule has 0 aromatic carbocycles. The minimum atomic E-state index is -4.60. The van der Waals surface area contributed by atoms with Crippen LogP contribution in [0.15, 0.2) is 0 Å². The molecule has 0 spiro atoms. The highest BCUT2D eigenvalue weighted by molar-refractivity contribution is 6.58. The van der Waals surface area contributed by atoms with Crippen LogP contribution in [-0.2, 0) is 4.74 Å². The van der Waals surface area contributed by atoms with E-state index < -0.39 is 13.3 Å². The van der Waals surface area contributed by atoms with E-state index in [1.807, 2.05) is 0 Å². The third kappa shape index (κ3) is 3.65. The summed E-state index contributed by atoms with van der Waals surface area (Å²) in [7, 11) is 0. The molecule has 66 valence electrons. The van der Waals surface area contributed by atoms with Crippen LogP contribution in [0.4, 0.5) is 12.9 Å². The molecule has 1 aliphatic rings. The Labute approximate surface area is 64.0 Å². The quantitative estimate of drug-likeness (QED) is 0.586. The summed E-state index contributed by atoms with van der Waals surface area (Å²) in [5.41, 5.74) is 0. The van der Waals surface area contributed by atoms with Crippen LogP contribution in [0, 0.1) is 0 Å². The summed E-state index contributed by atoms with van der Waals surface area (Å²) in [4.78, 5) is 0. The van der Waals surface area contributed by atoms with Crippen molar-refractivity contribution in [1.29, 1.82) is 0 Å². The monoisotopic (exact) mass is 167 g/mol. The molecular weight excluding hydrogens is 156 g/mol. The van der Waals surface area contributed by atoms with Gasteiger partial charge in [0.25, 0.3) is 0 Å². The Balaban J connectivity index is 2.11. The number of hydrogen-bond acceptors (Lipinski definition) is 1. The smallest absolute Gasteiger partial charge is 0.449 e. The molecule has 1 heterocycles. The van der Waals surface area contributed by atoms with Crippen molar-refractivity contribution in [3.63, 3.8) is 0 Å². The molecule has 0 aromatic rings. The van der Waals surface area contributed by atoms with Gasteiger partial charge in [-0.1, -0.05) is 12.7 Å². The lowest BCUT2D eigenvalue weighted by atomic mass is 9.83. The fraction of sp³-hybridized carbons (Fsp3) is 1.00.